The maximum absolute atomic E-state index is 7.92. The molecule has 2 aliphatic heterocycles. The molecule has 0 bridgehead atoms. The Morgan fingerprint density at radius 1 is 0.319 bits per heavy atom. The summed E-state index contributed by atoms with van der Waals surface area (Å²) >= 11 is 0. The van der Waals surface area contributed by atoms with Gasteiger partial charge in [-0.3, -0.25) is 9.13 Å². The Hall–Kier alpha value is -9.28. The maximum Gasteiger partial charge on any atom is 0.205 e. The number of hydrogen-bond donors (Lipinski definition) is 0. The molecule has 0 atom stereocenters. The molecule has 72 heavy (non-hydrogen) atoms. The largest absolute Gasteiger partial charge is 0.497 e. The summed E-state index contributed by atoms with van der Waals surface area (Å²) in [4.78, 5) is 0. The van der Waals surface area contributed by atoms with Crippen molar-refractivity contribution in [3.05, 3.63) is 227 Å². The van der Waals surface area contributed by atoms with Crippen LogP contribution in [0.3, 0.4) is 0 Å². The summed E-state index contributed by atoms with van der Waals surface area (Å²) in [6, 6.07) is 62.3. The molecule has 348 valence electrons. The van der Waals surface area contributed by atoms with Gasteiger partial charge in [-0.05, 0) is 97.1 Å². The van der Waals surface area contributed by atoms with Crippen LogP contribution in [0.25, 0.3) is 55.4 Å². The van der Waals surface area contributed by atoms with Crippen molar-refractivity contribution in [3.63, 3.8) is 0 Å². The van der Waals surface area contributed by atoms with Crippen LogP contribution in [-0.2, 0) is 10.8 Å². The third-order valence-electron chi connectivity index (χ3n) is 15.3. The molecule has 3 aliphatic rings. The topological polar surface area (TPSA) is 91.5 Å². The average molecular weight is 943 g/mol. The van der Waals surface area contributed by atoms with Crippen molar-refractivity contribution in [1.29, 1.82) is 0 Å². The molecule has 4 aromatic heterocycles. The number of hydrogen-bond acceptors (Lipinski definition) is 8. The van der Waals surface area contributed by atoms with Gasteiger partial charge >= 0.3 is 0 Å². The van der Waals surface area contributed by atoms with Gasteiger partial charge in [-0.1, -0.05) is 72.8 Å². The van der Waals surface area contributed by atoms with E-state index in [1.807, 2.05) is 72.8 Å². The van der Waals surface area contributed by atoms with E-state index in [0.29, 0.717) is 34.8 Å². The fourth-order valence-corrected chi connectivity index (χ4v) is 12.3. The summed E-state index contributed by atoms with van der Waals surface area (Å²) in [6.45, 7) is 0. The first kappa shape index (κ1) is 40.6. The van der Waals surface area contributed by atoms with Crippen molar-refractivity contribution in [2.45, 2.75) is 10.8 Å². The second-order valence-electron chi connectivity index (χ2n) is 18.5. The molecule has 0 N–H and O–H groups in total. The van der Waals surface area contributed by atoms with Crippen molar-refractivity contribution in [2.75, 3.05) is 28.4 Å². The fourth-order valence-electron chi connectivity index (χ4n) is 12.3. The van der Waals surface area contributed by atoms with Crippen molar-refractivity contribution in [2.24, 2.45) is 0 Å². The average Bonchev–Trinajstić information content (AvgIpc) is 4.23. The molecule has 0 unspecified atom stereocenters. The quantitative estimate of drug-likeness (QED) is 0.163. The Kier molecular flexibility index (Phi) is 8.25. The van der Waals surface area contributed by atoms with Crippen LogP contribution in [0.5, 0.6) is 46.0 Å². The zero-order valence-electron chi connectivity index (χ0n) is 39.5. The molecule has 0 radical (unpaired) electrons. The third kappa shape index (κ3) is 5.07. The highest BCUT2D eigenvalue weighted by atomic mass is 16.5. The molecule has 6 heterocycles. The lowest BCUT2D eigenvalue weighted by Gasteiger charge is -2.48. The standard InChI is InChI=1S/C62H42N2O8/c1-65-35-21-25-49-39(29-35)40-30-36(66-2)22-26-50(40)63(49)57-33-47-59(71-57)62(45-15-7-11-19-55(45)70-56-20-12-8-16-46(56)62)48-34-58(64-51-27-23-37(67-3)31-41(51)42-32-38(68-4)24-28-52(42)64)72-60(48)61(47)43-13-5-9-17-53(43)69-54-18-10-6-14-44(54)61/h5-34H,1-4H3. The van der Waals surface area contributed by atoms with E-state index in [2.05, 4.69) is 118 Å². The van der Waals surface area contributed by atoms with E-state index in [1.54, 1.807) is 28.4 Å². The molecule has 10 nitrogen and oxygen atoms in total. The Labute approximate surface area is 412 Å². The molecule has 2 spiro atoms. The Morgan fingerprint density at radius 3 is 0.875 bits per heavy atom. The molecular formula is C62H42N2O8. The number of ether oxygens (including phenoxy) is 6. The molecule has 10 heteroatoms. The van der Waals surface area contributed by atoms with Crippen molar-refractivity contribution in [3.8, 4) is 57.8 Å². The van der Waals surface area contributed by atoms with E-state index >= 15 is 0 Å². The summed E-state index contributed by atoms with van der Waals surface area (Å²) in [5.41, 5.74) is 6.92. The number of rotatable bonds is 6. The molecule has 1 aliphatic carbocycles. The van der Waals surface area contributed by atoms with Crippen LogP contribution in [0.4, 0.5) is 0 Å². The minimum absolute atomic E-state index is 0.618. The second-order valence-corrected chi connectivity index (χ2v) is 18.5. The molecule has 15 rings (SSSR count). The van der Waals surface area contributed by atoms with Crippen LogP contribution in [0, 0.1) is 0 Å². The third-order valence-corrected chi connectivity index (χ3v) is 15.3. The smallest absolute Gasteiger partial charge is 0.205 e. The van der Waals surface area contributed by atoms with Crippen LogP contribution >= 0.6 is 0 Å². The fraction of sp³-hybridized carbons (Fsp3) is 0.0968. The van der Waals surface area contributed by atoms with Crippen LogP contribution < -0.4 is 28.4 Å². The summed E-state index contributed by atoms with van der Waals surface area (Å²) < 4.78 is 57.3. The number of para-hydroxylation sites is 4. The van der Waals surface area contributed by atoms with E-state index in [1.165, 1.54) is 0 Å². The lowest BCUT2D eigenvalue weighted by Crippen LogP contribution is -2.46. The molecule has 0 fully saturated rings. The van der Waals surface area contributed by atoms with Gasteiger partial charge in [0.25, 0.3) is 0 Å². The Bertz CT molecular complexity index is 3730. The minimum Gasteiger partial charge on any atom is -0.497 e. The second kappa shape index (κ2) is 14.6. The predicted molar refractivity (Wildman–Crippen MR) is 276 cm³/mol. The lowest BCUT2D eigenvalue weighted by atomic mass is 9.54. The van der Waals surface area contributed by atoms with E-state index in [9.17, 15) is 0 Å². The van der Waals surface area contributed by atoms with Crippen molar-refractivity contribution in [1.82, 2.24) is 9.13 Å². The number of furan rings is 2. The Balaban J connectivity index is 1.14. The summed E-state index contributed by atoms with van der Waals surface area (Å²) in [6.07, 6.45) is 0. The van der Waals surface area contributed by atoms with Gasteiger partial charge in [-0.15, -0.1) is 0 Å². The maximum atomic E-state index is 7.92. The summed E-state index contributed by atoms with van der Waals surface area (Å²) in [5, 5.41) is 3.96. The van der Waals surface area contributed by atoms with Gasteiger partial charge < -0.3 is 37.3 Å². The molecule has 0 saturated carbocycles. The highest BCUT2D eigenvalue weighted by molar-refractivity contribution is 6.11. The van der Waals surface area contributed by atoms with Crippen molar-refractivity contribution < 1.29 is 37.3 Å². The predicted octanol–water partition coefficient (Wildman–Crippen LogP) is 14.4. The Morgan fingerprint density at radius 2 is 0.597 bits per heavy atom. The highest BCUT2D eigenvalue weighted by Crippen LogP contribution is 2.68. The van der Waals surface area contributed by atoms with Gasteiger partial charge in [0.05, 0.1) is 50.5 Å². The first-order valence-electron chi connectivity index (χ1n) is 23.8. The van der Waals surface area contributed by atoms with Gasteiger partial charge in [-0.2, -0.15) is 0 Å². The normalized spacial score (nSPS) is 14.3. The lowest BCUT2D eigenvalue weighted by molar-refractivity contribution is 0.347. The zero-order valence-corrected chi connectivity index (χ0v) is 39.5. The van der Waals surface area contributed by atoms with Crippen LogP contribution in [0.2, 0.25) is 0 Å². The molecular weight excluding hydrogens is 901 g/mol. The molecule has 0 amide bonds. The number of aromatic nitrogens is 2. The summed E-state index contributed by atoms with van der Waals surface area (Å²) in [7, 11) is 6.77. The number of fused-ring (bicyclic) bond motifs is 20. The highest BCUT2D eigenvalue weighted by Gasteiger charge is 2.63. The molecule has 0 saturated heterocycles. The van der Waals surface area contributed by atoms with E-state index in [0.717, 1.165) is 112 Å². The van der Waals surface area contributed by atoms with Gasteiger partial charge in [0.1, 0.15) is 68.3 Å². The monoisotopic (exact) mass is 942 g/mol. The van der Waals surface area contributed by atoms with Gasteiger partial charge in [0.2, 0.25) is 11.8 Å². The minimum atomic E-state index is -1.14. The number of nitrogens with zero attached hydrogens (tertiary/aromatic N) is 2. The first-order chi connectivity index (χ1) is 35.5. The van der Waals surface area contributed by atoms with Gasteiger partial charge in [0, 0.05) is 67.1 Å². The zero-order chi connectivity index (χ0) is 48.0. The SMILES string of the molecule is COc1ccc2c(c1)c1cc(OC)ccc1n2-c1cc2c(o1)C1(c3ccccc3Oc3ccccc31)c1cc(-n3c4ccc(OC)cc4c4cc(OC)ccc43)oc1C21c2ccccc2Oc2ccccc21. The first-order valence-corrected chi connectivity index (χ1v) is 23.8. The van der Waals surface area contributed by atoms with Crippen molar-refractivity contribution >= 4 is 43.6 Å². The van der Waals surface area contributed by atoms with E-state index in [-0.39, 0.29) is 0 Å². The van der Waals surface area contributed by atoms with E-state index in [4.69, 9.17) is 37.3 Å². The summed E-state index contributed by atoms with van der Waals surface area (Å²) in [5.74, 6) is 8.51. The van der Waals surface area contributed by atoms with E-state index < -0.39 is 10.8 Å². The van der Waals surface area contributed by atoms with Crippen LogP contribution in [0.1, 0.15) is 44.9 Å². The molecule has 8 aromatic carbocycles. The van der Waals surface area contributed by atoms with Gasteiger partial charge in [0.15, 0.2) is 0 Å². The van der Waals surface area contributed by atoms with Gasteiger partial charge in [-0.25, -0.2) is 0 Å². The van der Waals surface area contributed by atoms with Crippen LogP contribution in [0.15, 0.2) is 191 Å². The molecule has 12 aromatic rings. The van der Waals surface area contributed by atoms with Crippen LogP contribution in [-0.4, -0.2) is 37.6 Å². The number of benzene rings is 8. The number of methoxy groups -OCH3 is 4.